The zero-order valence-corrected chi connectivity index (χ0v) is 12.0. The molecule has 0 aromatic heterocycles. The maximum absolute atomic E-state index is 13.1. The number of hydrogen-bond acceptors (Lipinski definition) is 2. The zero-order chi connectivity index (χ0) is 15.0. The van der Waals surface area contributed by atoms with Crippen LogP contribution in [0.2, 0.25) is 0 Å². The van der Waals surface area contributed by atoms with Crippen molar-refractivity contribution in [2.75, 3.05) is 18.4 Å². The predicted octanol–water partition coefficient (Wildman–Crippen LogP) is 3.20. The number of alkyl halides is 3. The average molecular weight is 327 g/mol. The Labute approximate surface area is 125 Å². The number of anilines is 1. The van der Waals surface area contributed by atoms with Crippen molar-refractivity contribution in [3.63, 3.8) is 0 Å². The fourth-order valence-electron chi connectivity index (χ4n) is 2.11. The van der Waals surface area contributed by atoms with E-state index in [1.54, 1.807) is 6.92 Å². The highest BCUT2D eigenvalue weighted by atomic mass is 35.5. The summed E-state index contributed by atoms with van der Waals surface area (Å²) in [5.74, 6) is -1.73. The molecule has 3 nitrogen and oxygen atoms in total. The van der Waals surface area contributed by atoms with Crippen molar-refractivity contribution in [2.24, 2.45) is 5.41 Å². The van der Waals surface area contributed by atoms with E-state index < -0.39 is 23.0 Å². The molecule has 1 unspecified atom stereocenters. The van der Waals surface area contributed by atoms with Gasteiger partial charge < -0.3 is 10.6 Å². The van der Waals surface area contributed by atoms with Gasteiger partial charge in [0.2, 0.25) is 5.91 Å². The topological polar surface area (TPSA) is 41.1 Å². The summed E-state index contributed by atoms with van der Waals surface area (Å²) in [5.41, 5.74) is -2.10. The first-order chi connectivity index (χ1) is 9.22. The molecule has 1 aliphatic rings. The Morgan fingerprint density at radius 3 is 2.57 bits per heavy atom. The van der Waals surface area contributed by atoms with Gasteiger partial charge in [-0.15, -0.1) is 12.4 Å². The third-order valence-electron chi connectivity index (χ3n) is 3.45. The van der Waals surface area contributed by atoms with Crippen molar-refractivity contribution in [2.45, 2.75) is 19.5 Å². The van der Waals surface area contributed by atoms with Gasteiger partial charge in [-0.05, 0) is 38.1 Å². The van der Waals surface area contributed by atoms with Crippen molar-refractivity contribution in [1.29, 1.82) is 0 Å². The third-order valence-corrected chi connectivity index (χ3v) is 3.45. The van der Waals surface area contributed by atoms with Crippen LogP contribution in [0, 0.1) is 11.2 Å². The van der Waals surface area contributed by atoms with Crippen molar-refractivity contribution in [3.8, 4) is 0 Å². The lowest BCUT2D eigenvalue weighted by Crippen LogP contribution is -2.35. The molecule has 2 N–H and O–H groups in total. The quantitative estimate of drug-likeness (QED) is 0.819. The van der Waals surface area contributed by atoms with Crippen LogP contribution in [0.15, 0.2) is 18.2 Å². The van der Waals surface area contributed by atoms with Crippen molar-refractivity contribution >= 4 is 24.0 Å². The van der Waals surface area contributed by atoms with Crippen LogP contribution in [0.1, 0.15) is 18.9 Å². The average Bonchev–Trinajstić information content (AvgIpc) is 2.78. The molecule has 1 aromatic carbocycles. The van der Waals surface area contributed by atoms with E-state index in [0.29, 0.717) is 31.6 Å². The SMILES string of the molecule is CC1(C(=O)Nc2ccc(F)c(C(F)(F)F)c2)CCNC1.Cl. The summed E-state index contributed by atoms with van der Waals surface area (Å²) in [6.07, 6.45) is -4.18. The van der Waals surface area contributed by atoms with Gasteiger partial charge in [0.1, 0.15) is 5.82 Å². The van der Waals surface area contributed by atoms with E-state index in [9.17, 15) is 22.4 Å². The van der Waals surface area contributed by atoms with E-state index in [1.165, 1.54) is 0 Å². The van der Waals surface area contributed by atoms with E-state index in [2.05, 4.69) is 10.6 Å². The molecule has 0 radical (unpaired) electrons. The number of halogens is 5. The summed E-state index contributed by atoms with van der Waals surface area (Å²) in [4.78, 5) is 12.1. The van der Waals surface area contributed by atoms with Gasteiger partial charge in [-0.1, -0.05) is 0 Å². The Kier molecular flexibility index (Phi) is 5.22. The molecule has 1 amide bonds. The molecule has 0 spiro atoms. The Hall–Kier alpha value is -1.34. The molecule has 0 saturated carbocycles. The fraction of sp³-hybridized carbons (Fsp3) is 0.462. The second-order valence-electron chi connectivity index (χ2n) is 5.13. The van der Waals surface area contributed by atoms with Crippen LogP contribution in [0.3, 0.4) is 0 Å². The van der Waals surface area contributed by atoms with Gasteiger partial charge in [-0.25, -0.2) is 4.39 Å². The molecule has 1 aliphatic heterocycles. The number of benzene rings is 1. The van der Waals surface area contributed by atoms with Crippen LogP contribution in [0.4, 0.5) is 23.2 Å². The maximum atomic E-state index is 13.1. The summed E-state index contributed by atoms with van der Waals surface area (Å²) in [5, 5.41) is 5.44. The summed E-state index contributed by atoms with van der Waals surface area (Å²) in [6.45, 7) is 2.88. The Bertz CT molecular complexity index is 527. The maximum Gasteiger partial charge on any atom is 0.419 e. The Morgan fingerprint density at radius 2 is 2.05 bits per heavy atom. The van der Waals surface area contributed by atoms with Crippen LogP contribution in [-0.2, 0) is 11.0 Å². The number of rotatable bonds is 2. The fourth-order valence-corrected chi connectivity index (χ4v) is 2.11. The molecule has 1 atom stereocenters. The van der Waals surface area contributed by atoms with E-state index in [-0.39, 0.29) is 24.0 Å². The van der Waals surface area contributed by atoms with Crippen LogP contribution >= 0.6 is 12.4 Å². The number of carbonyl (C=O) groups is 1. The van der Waals surface area contributed by atoms with Gasteiger partial charge in [0.05, 0.1) is 11.0 Å². The monoisotopic (exact) mass is 326 g/mol. The Morgan fingerprint density at radius 1 is 1.38 bits per heavy atom. The van der Waals surface area contributed by atoms with E-state index in [0.717, 1.165) is 6.07 Å². The summed E-state index contributed by atoms with van der Waals surface area (Å²) in [6, 6.07) is 2.43. The predicted molar refractivity (Wildman–Crippen MR) is 72.9 cm³/mol. The standard InChI is InChI=1S/C13H14F4N2O.ClH/c1-12(4-5-18-7-12)11(20)19-8-2-3-10(14)9(6-8)13(15,16)17;/h2-3,6,18H,4-5,7H2,1H3,(H,19,20);1H. The first-order valence-corrected chi connectivity index (χ1v) is 6.11. The van der Waals surface area contributed by atoms with Gasteiger partial charge in [0.25, 0.3) is 0 Å². The smallest absolute Gasteiger partial charge is 0.326 e. The molecule has 1 saturated heterocycles. The minimum atomic E-state index is -4.79. The minimum Gasteiger partial charge on any atom is -0.326 e. The number of carbonyl (C=O) groups excluding carboxylic acids is 1. The van der Waals surface area contributed by atoms with Crippen LogP contribution in [-0.4, -0.2) is 19.0 Å². The molecular formula is C13H15ClF4N2O. The summed E-state index contributed by atoms with van der Waals surface area (Å²) >= 11 is 0. The van der Waals surface area contributed by atoms with E-state index >= 15 is 0 Å². The highest BCUT2D eigenvalue weighted by Gasteiger charge is 2.37. The third kappa shape index (κ3) is 3.85. The van der Waals surface area contributed by atoms with Gasteiger partial charge in [-0.3, -0.25) is 4.79 Å². The van der Waals surface area contributed by atoms with Gasteiger partial charge in [0, 0.05) is 12.2 Å². The molecule has 8 heteroatoms. The van der Waals surface area contributed by atoms with E-state index in [1.807, 2.05) is 0 Å². The van der Waals surface area contributed by atoms with E-state index in [4.69, 9.17) is 0 Å². The highest BCUT2D eigenvalue weighted by molar-refractivity contribution is 5.95. The van der Waals surface area contributed by atoms with Crippen molar-refractivity contribution in [1.82, 2.24) is 5.32 Å². The summed E-state index contributed by atoms with van der Waals surface area (Å²) < 4.78 is 50.9. The van der Waals surface area contributed by atoms with Gasteiger partial charge in [-0.2, -0.15) is 13.2 Å². The first kappa shape index (κ1) is 17.7. The van der Waals surface area contributed by atoms with Crippen molar-refractivity contribution < 1.29 is 22.4 Å². The van der Waals surface area contributed by atoms with Crippen LogP contribution in [0.5, 0.6) is 0 Å². The molecule has 0 bridgehead atoms. The number of nitrogens with one attached hydrogen (secondary N) is 2. The molecule has 1 aromatic rings. The largest absolute Gasteiger partial charge is 0.419 e. The van der Waals surface area contributed by atoms with Crippen LogP contribution in [0.25, 0.3) is 0 Å². The number of hydrogen-bond donors (Lipinski definition) is 2. The Balaban J connectivity index is 0.00000220. The lowest BCUT2D eigenvalue weighted by molar-refractivity contribution is -0.140. The molecule has 2 rings (SSSR count). The molecule has 1 heterocycles. The van der Waals surface area contributed by atoms with Gasteiger partial charge in [0.15, 0.2) is 0 Å². The van der Waals surface area contributed by atoms with Crippen molar-refractivity contribution in [3.05, 3.63) is 29.6 Å². The van der Waals surface area contributed by atoms with Crippen LogP contribution < -0.4 is 10.6 Å². The highest BCUT2D eigenvalue weighted by Crippen LogP contribution is 2.33. The molecule has 21 heavy (non-hydrogen) atoms. The summed E-state index contributed by atoms with van der Waals surface area (Å²) in [7, 11) is 0. The molecule has 0 aliphatic carbocycles. The normalized spacial score (nSPS) is 21.8. The zero-order valence-electron chi connectivity index (χ0n) is 11.2. The lowest BCUT2D eigenvalue weighted by atomic mass is 9.88. The molecule has 118 valence electrons. The second kappa shape index (κ2) is 6.19. The molecular weight excluding hydrogens is 312 g/mol. The lowest BCUT2D eigenvalue weighted by Gasteiger charge is -2.21. The first-order valence-electron chi connectivity index (χ1n) is 6.11. The number of amides is 1. The molecule has 1 fully saturated rings. The minimum absolute atomic E-state index is 0. The van der Waals surface area contributed by atoms with Gasteiger partial charge >= 0.3 is 6.18 Å². The second-order valence-corrected chi connectivity index (χ2v) is 5.13.